The average Bonchev–Trinajstić information content (AvgIpc) is 2.89. The van der Waals surface area contributed by atoms with Gasteiger partial charge in [0.1, 0.15) is 23.2 Å². The number of carbonyl (C=O) groups is 1. The van der Waals surface area contributed by atoms with Crippen LogP contribution in [0.2, 0.25) is 0 Å². The summed E-state index contributed by atoms with van der Waals surface area (Å²) in [7, 11) is 4.78. The molecule has 0 aliphatic carbocycles. The lowest BCUT2D eigenvalue weighted by molar-refractivity contribution is 0.103. The van der Waals surface area contributed by atoms with Crippen molar-refractivity contribution in [1.82, 2.24) is 8.87 Å². The summed E-state index contributed by atoms with van der Waals surface area (Å²) < 4.78 is 18.7. The van der Waals surface area contributed by atoms with E-state index in [-0.39, 0.29) is 5.57 Å². The lowest BCUT2D eigenvalue weighted by Crippen LogP contribution is -2.10. The number of nitrogens with zero attached hydrogens (tertiary/aromatic N) is 3. The summed E-state index contributed by atoms with van der Waals surface area (Å²) in [6.07, 6.45) is 3.28. The Balaban J connectivity index is 2.63. The average molecular weight is 476 g/mol. The molecule has 0 bridgehead atoms. The van der Waals surface area contributed by atoms with Gasteiger partial charge in [0.05, 0.1) is 11.2 Å². The number of aromatic nitrogens is 1. The van der Waals surface area contributed by atoms with Gasteiger partial charge < -0.3 is 9.62 Å². The van der Waals surface area contributed by atoms with Crippen molar-refractivity contribution < 1.29 is 9.18 Å². The van der Waals surface area contributed by atoms with Gasteiger partial charge in [-0.15, -0.1) is 0 Å². The van der Waals surface area contributed by atoms with Crippen molar-refractivity contribution in [1.29, 1.82) is 5.26 Å². The van der Waals surface area contributed by atoms with E-state index >= 15 is 0 Å². The van der Waals surface area contributed by atoms with Crippen LogP contribution in [-0.4, -0.2) is 35.0 Å². The van der Waals surface area contributed by atoms with Gasteiger partial charge in [-0.05, 0) is 18.2 Å². The van der Waals surface area contributed by atoms with Crippen molar-refractivity contribution in [2.45, 2.75) is 0 Å². The molecule has 1 aromatic carbocycles. The van der Waals surface area contributed by atoms with Crippen LogP contribution in [0.25, 0.3) is 10.9 Å². The van der Waals surface area contributed by atoms with Crippen molar-refractivity contribution in [3.63, 3.8) is 0 Å². The second kappa shape index (κ2) is 8.13. The summed E-state index contributed by atoms with van der Waals surface area (Å²) in [6.45, 7) is 0. The molecule has 0 unspecified atom stereocenters. The summed E-state index contributed by atoms with van der Waals surface area (Å²) in [4.78, 5) is 14.3. The third kappa shape index (κ3) is 3.81. The Morgan fingerprint density at radius 3 is 2.71 bits per heavy atom. The molecule has 0 radical (unpaired) electrons. The number of nitrogens with one attached hydrogen (secondary N) is 1. The Labute approximate surface area is 160 Å². The highest BCUT2D eigenvalue weighted by molar-refractivity contribution is 14.2. The van der Waals surface area contributed by atoms with Gasteiger partial charge in [0.2, 0.25) is 5.78 Å². The normalized spacial score (nSPS) is 11.4. The monoisotopic (exact) mass is 476 g/mol. The fourth-order valence-corrected chi connectivity index (χ4v) is 4.25. The molecule has 0 spiro atoms. The topological polar surface area (TPSA) is 61.1 Å². The molecule has 0 aliphatic rings. The highest BCUT2D eigenvalue weighted by Gasteiger charge is 2.21. The minimum atomic E-state index is -0.397. The number of rotatable bonds is 6. The van der Waals surface area contributed by atoms with E-state index in [2.05, 4.69) is 25.9 Å². The van der Waals surface area contributed by atoms with E-state index in [1.54, 1.807) is 41.4 Å². The Morgan fingerprint density at radius 1 is 1.46 bits per heavy atom. The van der Waals surface area contributed by atoms with Gasteiger partial charge in [0, 0.05) is 62.3 Å². The Kier molecular flexibility index (Phi) is 6.42. The van der Waals surface area contributed by atoms with Crippen LogP contribution in [0.15, 0.2) is 30.0 Å². The first-order valence-corrected chi connectivity index (χ1v) is 11.2. The third-order valence-electron chi connectivity index (χ3n) is 3.11. The number of nitriles is 1. The zero-order valence-corrected chi connectivity index (χ0v) is 16.9. The van der Waals surface area contributed by atoms with E-state index in [0.29, 0.717) is 22.3 Å². The molecule has 126 valence electrons. The van der Waals surface area contributed by atoms with Crippen molar-refractivity contribution in [2.24, 2.45) is 0 Å². The van der Waals surface area contributed by atoms with E-state index in [0.717, 1.165) is 0 Å². The van der Waals surface area contributed by atoms with Crippen molar-refractivity contribution in [3.05, 3.63) is 41.5 Å². The highest BCUT2D eigenvalue weighted by Crippen LogP contribution is 2.33. The highest BCUT2D eigenvalue weighted by atomic mass is 127. The standard InChI is InChI=1S/C15H14FIN4OS2/c1-20(2)8-10(7-18)15(22)14-5-9-4-11(16)12(19-23-3)6-13(9)21(14)24-17/h4-6,8,19H,1-3H3/b10-8+. The zero-order valence-electron chi connectivity index (χ0n) is 13.1. The first-order valence-electron chi connectivity index (χ1n) is 6.69. The van der Waals surface area contributed by atoms with E-state index in [4.69, 9.17) is 0 Å². The van der Waals surface area contributed by atoms with E-state index in [1.165, 1.54) is 33.3 Å². The fourth-order valence-electron chi connectivity index (χ4n) is 2.16. The van der Waals surface area contributed by atoms with Crippen LogP contribution in [-0.2, 0) is 0 Å². The summed E-state index contributed by atoms with van der Waals surface area (Å²) in [5.41, 5.74) is 1.41. The Bertz CT molecular complexity index is 857. The predicted octanol–water partition coefficient (Wildman–Crippen LogP) is 4.47. The molecule has 1 heterocycles. The molecule has 24 heavy (non-hydrogen) atoms. The molecule has 0 fully saturated rings. The van der Waals surface area contributed by atoms with Crippen LogP contribution >= 0.6 is 42.3 Å². The summed E-state index contributed by atoms with van der Waals surface area (Å²) in [5, 5.41) is 9.85. The van der Waals surface area contributed by atoms with Crippen LogP contribution in [0.3, 0.4) is 0 Å². The molecular formula is C15H14FIN4OS2. The van der Waals surface area contributed by atoms with Gasteiger partial charge in [-0.1, -0.05) is 11.9 Å². The molecule has 0 saturated carbocycles. The maximum Gasteiger partial charge on any atom is 0.222 e. The van der Waals surface area contributed by atoms with Gasteiger partial charge in [0.25, 0.3) is 0 Å². The maximum absolute atomic E-state index is 14.1. The molecule has 2 aromatic rings. The van der Waals surface area contributed by atoms with Crippen molar-refractivity contribution >= 4 is 64.6 Å². The molecule has 0 atom stereocenters. The Morgan fingerprint density at radius 2 is 2.17 bits per heavy atom. The molecule has 1 aromatic heterocycles. The van der Waals surface area contributed by atoms with Crippen LogP contribution < -0.4 is 4.72 Å². The molecular weight excluding hydrogens is 462 g/mol. The number of allylic oxidation sites excluding steroid dienone is 1. The van der Waals surface area contributed by atoms with Crippen LogP contribution in [0, 0.1) is 17.1 Å². The van der Waals surface area contributed by atoms with Crippen LogP contribution in [0.1, 0.15) is 10.5 Å². The number of hydrogen-bond acceptors (Lipinski definition) is 6. The van der Waals surface area contributed by atoms with E-state index < -0.39 is 11.6 Å². The molecule has 0 amide bonds. The first kappa shape index (κ1) is 19.0. The summed E-state index contributed by atoms with van der Waals surface area (Å²) in [5.74, 6) is -0.790. The first-order chi connectivity index (χ1) is 11.4. The molecule has 1 N–H and O–H groups in total. The zero-order chi connectivity index (χ0) is 17.9. The number of Topliss-reactive ketones (excluding diaryl/α,β-unsaturated/α-hetero) is 1. The second-order valence-electron chi connectivity index (χ2n) is 5.04. The van der Waals surface area contributed by atoms with Gasteiger partial charge in [-0.2, -0.15) is 5.26 Å². The van der Waals surface area contributed by atoms with Crippen molar-refractivity contribution in [3.8, 4) is 6.07 Å². The quantitative estimate of drug-likeness (QED) is 0.218. The number of ketones is 1. The Hall–Kier alpha value is -1.38. The number of hydrogen-bond donors (Lipinski definition) is 1. The molecule has 9 heteroatoms. The minimum absolute atomic E-state index is 0.0254. The number of halogens is 2. The van der Waals surface area contributed by atoms with Crippen LogP contribution in [0.5, 0.6) is 0 Å². The maximum atomic E-state index is 14.1. The lowest BCUT2D eigenvalue weighted by Gasteiger charge is -2.08. The smallest absolute Gasteiger partial charge is 0.222 e. The number of anilines is 1. The minimum Gasteiger partial charge on any atom is -0.382 e. The number of carbonyl (C=O) groups excluding carboxylic acids is 1. The fraction of sp³-hybridized carbons (Fsp3) is 0.200. The lowest BCUT2D eigenvalue weighted by atomic mass is 10.1. The molecule has 2 rings (SSSR count). The van der Waals surface area contributed by atoms with Gasteiger partial charge >= 0.3 is 0 Å². The van der Waals surface area contributed by atoms with Gasteiger partial charge in [-0.3, -0.25) is 8.77 Å². The molecule has 0 saturated heterocycles. The van der Waals surface area contributed by atoms with Gasteiger partial charge in [0.15, 0.2) is 0 Å². The predicted molar refractivity (Wildman–Crippen MR) is 108 cm³/mol. The van der Waals surface area contributed by atoms with E-state index in [9.17, 15) is 14.4 Å². The summed E-state index contributed by atoms with van der Waals surface area (Å²) in [6, 6.07) is 6.58. The van der Waals surface area contributed by atoms with Crippen LogP contribution in [0.4, 0.5) is 10.1 Å². The number of benzene rings is 1. The largest absolute Gasteiger partial charge is 0.382 e. The summed E-state index contributed by atoms with van der Waals surface area (Å²) >= 11 is 3.34. The van der Waals surface area contributed by atoms with Crippen molar-refractivity contribution in [2.75, 3.05) is 25.1 Å². The van der Waals surface area contributed by atoms with Gasteiger partial charge in [-0.25, -0.2) is 4.39 Å². The third-order valence-corrected chi connectivity index (χ3v) is 5.25. The molecule has 0 aliphatic heterocycles. The van der Waals surface area contributed by atoms with E-state index in [1.807, 2.05) is 6.07 Å². The SMILES string of the molecule is CSNc1cc2c(cc1F)cc(C(=O)/C(C#N)=C/N(C)C)n2SI. The number of fused-ring (bicyclic) bond motifs is 1. The molecule has 5 nitrogen and oxygen atoms in total. The second-order valence-corrected chi connectivity index (χ2v) is 7.33.